The summed E-state index contributed by atoms with van der Waals surface area (Å²) in [6.45, 7) is 5.72. The van der Waals surface area contributed by atoms with Crippen LogP contribution in [0.15, 0.2) is 0 Å². The zero-order valence-electron chi connectivity index (χ0n) is 4.62. The van der Waals surface area contributed by atoms with Crippen LogP contribution in [0, 0.1) is 6.92 Å². The molecule has 2 N–H and O–H groups in total. The zero-order chi connectivity index (χ0) is 3.41. The maximum absolute atomic E-state index is 3.60. The summed E-state index contributed by atoms with van der Waals surface area (Å²) in [5, 5.41) is 0. The predicted octanol–water partition coefficient (Wildman–Crippen LogP) is -2.20. The molecule has 1 nitrogen and oxygen atoms in total. The van der Waals surface area contributed by atoms with Crippen LogP contribution in [0.1, 0.15) is 19.8 Å². The van der Waals surface area contributed by atoms with Crippen molar-refractivity contribution < 1.29 is 35.0 Å². The van der Waals surface area contributed by atoms with Gasteiger partial charge in [-0.2, -0.15) is 6.42 Å². The molecule has 2 heteroatoms. The molecule has 0 spiro atoms. The standard InChI is InChI=1S/C4H9.Na.H2O/c1-3-4-2;;/h1,3-4H2,2H3;;1H2/q-1;+1;. The number of unbranched alkanes of at least 4 members (excludes halogenated alkanes) is 1. The molecule has 0 bridgehead atoms. The topological polar surface area (TPSA) is 31.5 Å². The fraction of sp³-hybridized carbons (Fsp3) is 0.750. The van der Waals surface area contributed by atoms with E-state index in [0.29, 0.717) is 0 Å². The molecule has 0 aliphatic heterocycles. The van der Waals surface area contributed by atoms with Crippen molar-refractivity contribution in [3.8, 4) is 0 Å². The first kappa shape index (κ1) is 15.8. The van der Waals surface area contributed by atoms with Crippen molar-refractivity contribution in [2.45, 2.75) is 19.8 Å². The van der Waals surface area contributed by atoms with Gasteiger partial charge in [0, 0.05) is 0 Å². The van der Waals surface area contributed by atoms with E-state index in [2.05, 4.69) is 13.8 Å². The van der Waals surface area contributed by atoms with E-state index in [0.717, 1.165) is 6.42 Å². The van der Waals surface area contributed by atoms with Crippen molar-refractivity contribution in [2.75, 3.05) is 0 Å². The van der Waals surface area contributed by atoms with E-state index < -0.39 is 0 Å². The first-order valence-electron chi connectivity index (χ1n) is 1.71. The zero-order valence-corrected chi connectivity index (χ0v) is 6.62. The monoisotopic (exact) mass is 98.1 g/mol. The summed E-state index contributed by atoms with van der Waals surface area (Å²) in [6, 6.07) is 0. The van der Waals surface area contributed by atoms with E-state index in [-0.39, 0.29) is 35.0 Å². The summed E-state index contributed by atoms with van der Waals surface area (Å²) in [4.78, 5) is 0. The van der Waals surface area contributed by atoms with Crippen molar-refractivity contribution >= 4 is 0 Å². The fourth-order valence-corrected chi connectivity index (χ4v) is 0. The first-order chi connectivity index (χ1) is 1.91. The van der Waals surface area contributed by atoms with Crippen molar-refractivity contribution in [1.29, 1.82) is 0 Å². The quantitative estimate of drug-likeness (QED) is 0.263. The van der Waals surface area contributed by atoms with Gasteiger partial charge in [0.05, 0.1) is 0 Å². The fourth-order valence-electron chi connectivity index (χ4n) is 0. The van der Waals surface area contributed by atoms with Gasteiger partial charge in [-0.25, -0.2) is 0 Å². The minimum Gasteiger partial charge on any atom is -0.412 e. The third-order valence-corrected chi connectivity index (χ3v) is 0.354. The molecule has 6 heavy (non-hydrogen) atoms. The Balaban J connectivity index is -0.0000000450. The first-order valence-corrected chi connectivity index (χ1v) is 1.71. The number of hydrogen-bond donors (Lipinski definition) is 0. The van der Waals surface area contributed by atoms with Gasteiger partial charge in [0.2, 0.25) is 0 Å². The van der Waals surface area contributed by atoms with Crippen molar-refractivity contribution in [2.24, 2.45) is 0 Å². The minimum absolute atomic E-state index is 0. The Bertz CT molecular complexity index is 9.51. The molecular formula is C4H11NaO. The van der Waals surface area contributed by atoms with E-state index in [4.69, 9.17) is 0 Å². The van der Waals surface area contributed by atoms with Gasteiger partial charge in [0.25, 0.3) is 0 Å². The van der Waals surface area contributed by atoms with Gasteiger partial charge in [-0.15, -0.1) is 0 Å². The van der Waals surface area contributed by atoms with Gasteiger partial charge < -0.3 is 12.4 Å². The Morgan fingerprint density at radius 1 is 1.50 bits per heavy atom. The molecule has 0 aliphatic rings. The normalized spacial score (nSPS) is 5.00. The summed E-state index contributed by atoms with van der Waals surface area (Å²) in [7, 11) is 0. The summed E-state index contributed by atoms with van der Waals surface area (Å²) in [6.07, 6.45) is 2.28. The second-order valence-corrected chi connectivity index (χ2v) is 0.854. The van der Waals surface area contributed by atoms with Crippen LogP contribution in [0.25, 0.3) is 0 Å². The summed E-state index contributed by atoms with van der Waals surface area (Å²) in [5.74, 6) is 0. The smallest absolute Gasteiger partial charge is 0.412 e. The van der Waals surface area contributed by atoms with E-state index >= 15 is 0 Å². The Morgan fingerprint density at radius 2 is 1.67 bits per heavy atom. The van der Waals surface area contributed by atoms with E-state index in [1.165, 1.54) is 6.42 Å². The van der Waals surface area contributed by atoms with Crippen LogP contribution in [0.3, 0.4) is 0 Å². The molecule has 0 amide bonds. The molecule has 34 valence electrons. The van der Waals surface area contributed by atoms with Crippen LogP contribution in [-0.4, -0.2) is 5.48 Å². The largest absolute Gasteiger partial charge is 1.00 e. The van der Waals surface area contributed by atoms with Crippen molar-refractivity contribution in [1.82, 2.24) is 0 Å². The molecule has 0 aromatic rings. The van der Waals surface area contributed by atoms with Gasteiger partial charge in [-0.05, 0) is 0 Å². The second-order valence-electron chi connectivity index (χ2n) is 0.854. The SMILES string of the molecule is O.[CH2-]CCC.[Na+]. The molecule has 0 fully saturated rings. The average Bonchev–Trinajstić information content (AvgIpc) is 1.37. The van der Waals surface area contributed by atoms with E-state index in [9.17, 15) is 0 Å². The molecule has 0 unspecified atom stereocenters. The molecule has 0 rings (SSSR count). The number of hydrogen-bond acceptors (Lipinski definition) is 0. The van der Waals surface area contributed by atoms with Crippen LogP contribution in [0.4, 0.5) is 0 Å². The van der Waals surface area contributed by atoms with Crippen molar-refractivity contribution in [3.05, 3.63) is 6.92 Å². The third kappa shape index (κ3) is 20.2. The second kappa shape index (κ2) is 16.7. The maximum atomic E-state index is 3.60. The molecular weight excluding hydrogens is 87.0 g/mol. The summed E-state index contributed by atoms with van der Waals surface area (Å²) < 4.78 is 0. The Hall–Kier alpha value is 0.960. The molecule has 0 aliphatic carbocycles. The van der Waals surface area contributed by atoms with Crippen LogP contribution in [0.5, 0.6) is 0 Å². The molecule has 0 atom stereocenters. The Morgan fingerprint density at radius 3 is 1.67 bits per heavy atom. The Kier molecular flexibility index (Phi) is 44.0. The predicted molar refractivity (Wildman–Crippen MR) is 23.9 cm³/mol. The third-order valence-electron chi connectivity index (χ3n) is 0.354. The van der Waals surface area contributed by atoms with Gasteiger partial charge in [-0.3, -0.25) is 0 Å². The summed E-state index contributed by atoms with van der Waals surface area (Å²) in [5.41, 5.74) is 0. The molecule has 0 aromatic heterocycles. The van der Waals surface area contributed by atoms with Gasteiger partial charge in [0.15, 0.2) is 0 Å². The molecule has 0 aromatic carbocycles. The van der Waals surface area contributed by atoms with Crippen molar-refractivity contribution in [3.63, 3.8) is 0 Å². The summed E-state index contributed by atoms with van der Waals surface area (Å²) >= 11 is 0. The van der Waals surface area contributed by atoms with Gasteiger partial charge in [0.1, 0.15) is 0 Å². The Labute approximate surface area is 61.7 Å². The van der Waals surface area contributed by atoms with Crippen LogP contribution in [-0.2, 0) is 0 Å². The average molecular weight is 98.1 g/mol. The van der Waals surface area contributed by atoms with Crippen LogP contribution < -0.4 is 29.6 Å². The molecule has 0 saturated heterocycles. The maximum Gasteiger partial charge on any atom is 1.00 e. The molecule has 0 saturated carbocycles. The van der Waals surface area contributed by atoms with Gasteiger partial charge in [-0.1, -0.05) is 13.3 Å². The van der Waals surface area contributed by atoms with E-state index in [1.54, 1.807) is 0 Å². The van der Waals surface area contributed by atoms with Gasteiger partial charge >= 0.3 is 29.6 Å². The molecule has 0 heterocycles. The number of rotatable bonds is 1. The van der Waals surface area contributed by atoms with Crippen LogP contribution >= 0.6 is 0 Å². The van der Waals surface area contributed by atoms with Crippen LogP contribution in [0.2, 0.25) is 0 Å². The minimum atomic E-state index is 0. The van der Waals surface area contributed by atoms with E-state index in [1.807, 2.05) is 0 Å². The molecule has 0 radical (unpaired) electrons.